The number of carbonyl (C=O) groups excluding carboxylic acids is 1. The quantitative estimate of drug-likeness (QED) is 0.643. The molecule has 0 aromatic carbocycles. The van der Waals surface area contributed by atoms with Crippen LogP contribution in [0.5, 0.6) is 0 Å². The van der Waals surface area contributed by atoms with Crippen molar-refractivity contribution in [1.82, 2.24) is 0 Å². The standard InChI is InChI=1S/C14H15NO.C2H6/c1-8-3-10-6-12(10)11(4-8)7-13-14(16)5-9(2)15-13;1-2/h3-4,7,10,12H,5-6H2,1-2H3;1-2H3/b13-7-;. The molecule has 0 saturated heterocycles. The molecule has 2 unspecified atom stereocenters. The lowest BCUT2D eigenvalue weighted by atomic mass is 9.99. The van der Waals surface area contributed by atoms with Gasteiger partial charge in [0.1, 0.15) is 5.70 Å². The molecule has 2 nitrogen and oxygen atoms in total. The van der Waals surface area contributed by atoms with Gasteiger partial charge in [-0.15, -0.1) is 0 Å². The summed E-state index contributed by atoms with van der Waals surface area (Å²) in [7, 11) is 0. The molecular weight excluding hydrogens is 222 g/mol. The SMILES string of the molecule is CC.CC1=CC2CC2C(/C=C2\N=C(C)CC2=O)=C1. The average Bonchev–Trinajstić information content (AvgIpc) is 3.02. The van der Waals surface area contributed by atoms with Gasteiger partial charge in [-0.25, -0.2) is 0 Å². The molecule has 2 aliphatic carbocycles. The van der Waals surface area contributed by atoms with Crippen LogP contribution in [0.3, 0.4) is 0 Å². The topological polar surface area (TPSA) is 29.4 Å². The molecule has 1 aliphatic heterocycles. The Bertz CT molecular complexity index is 491. The molecule has 0 spiro atoms. The van der Waals surface area contributed by atoms with Gasteiger partial charge >= 0.3 is 0 Å². The third-order valence-corrected chi connectivity index (χ3v) is 3.46. The third-order valence-electron chi connectivity index (χ3n) is 3.46. The fourth-order valence-electron chi connectivity index (χ4n) is 2.59. The van der Waals surface area contributed by atoms with Crippen molar-refractivity contribution in [3.8, 4) is 0 Å². The lowest BCUT2D eigenvalue weighted by Gasteiger charge is -2.07. The van der Waals surface area contributed by atoms with Crippen molar-refractivity contribution in [1.29, 1.82) is 0 Å². The van der Waals surface area contributed by atoms with Gasteiger partial charge in [-0.05, 0) is 43.8 Å². The molecule has 0 radical (unpaired) electrons. The molecule has 1 heterocycles. The Morgan fingerprint density at radius 3 is 2.67 bits per heavy atom. The highest BCUT2D eigenvalue weighted by molar-refractivity contribution is 6.14. The fraction of sp³-hybridized carbons (Fsp3) is 0.500. The van der Waals surface area contributed by atoms with Crippen LogP contribution in [0.4, 0.5) is 0 Å². The van der Waals surface area contributed by atoms with E-state index in [-0.39, 0.29) is 5.78 Å². The first kappa shape index (κ1) is 13.0. The lowest BCUT2D eigenvalue weighted by Crippen LogP contribution is -1.98. The summed E-state index contributed by atoms with van der Waals surface area (Å²) in [5, 5.41) is 0. The summed E-state index contributed by atoms with van der Waals surface area (Å²) in [6.07, 6.45) is 8.27. The number of Topliss-reactive ketones (excluding diaryl/α,β-unsaturated/α-hetero) is 1. The summed E-state index contributed by atoms with van der Waals surface area (Å²) in [6.45, 7) is 8.04. The van der Waals surface area contributed by atoms with Gasteiger partial charge in [0.05, 0.1) is 6.42 Å². The second-order valence-electron chi connectivity index (χ2n) is 5.04. The monoisotopic (exact) mass is 243 g/mol. The van der Waals surface area contributed by atoms with Gasteiger partial charge in [0.15, 0.2) is 5.78 Å². The van der Waals surface area contributed by atoms with Crippen molar-refractivity contribution in [2.24, 2.45) is 16.8 Å². The molecule has 2 heteroatoms. The molecular formula is C16H21NO. The Labute approximate surface area is 109 Å². The molecule has 0 N–H and O–H groups in total. The highest BCUT2D eigenvalue weighted by atomic mass is 16.1. The fourth-order valence-corrected chi connectivity index (χ4v) is 2.59. The second kappa shape index (κ2) is 5.05. The zero-order valence-electron chi connectivity index (χ0n) is 11.7. The Morgan fingerprint density at radius 1 is 1.33 bits per heavy atom. The summed E-state index contributed by atoms with van der Waals surface area (Å²) in [5.74, 6) is 1.54. The van der Waals surface area contributed by atoms with Crippen molar-refractivity contribution in [2.45, 2.75) is 40.5 Å². The Morgan fingerprint density at radius 2 is 2.06 bits per heavy atom. The molecule has 1 fully saturated rings. The number of hydrogen-bond acceptors (Lipinski definition) is 2. The van der Waals surface area contributed by atoms with Crippen molar-refractivity contribution in [3.63, 3.8) is 0 Å². The van der Waals surface area contributed by atoms with Crippen molar-refractivity contribution >= 4 is 11.5 Å². The lowest BCUT2D eigenvalue weighted by molar-refractivity contribution is -0.114. The molecule has 3 aliphatic rings. The minimum Gasteiger partial charge on any atom is -0.292 e. The minimum atomic E-state index is 0.169. The highest BCUT2D eigenvalue weighted by Gasteiger charge is 2.39. The van der Waals surface area contributed by atoms with E-state index >= 15 is 0 Å². The van der Waals surface area contributed by atoms with E-state index in [0.717, 1.165) is 11.6 Å². The minimum absolute atomic E-state index is 0.169. The number of allylic oxidation sites excluding steroid dienone is 6. The van der Waals surface area contributed by atoms with Crippen LogP contribution >= 0.6 is 0 Å². The van der Waals surface area contributed by atoms with Crippen molar-refractivity contribution in [3.05, 3.63) is 35.1 Å². The van der Waals surface area contributed by atoms with Crippen LogP contribution in [-0.4, -0.2) is 11.5 Å². The smallest absolute Gasteiger partial charge is 0.186 e. The summed E-state index contributed by atoms with van der Waals surface area (Å²) in [6, 6.07) is 0. The first-order chi connectivity index (χ1) is 8.63. The summed E-state index contributed by atoms with van der Waals surface area (Å²) < 4.78 is 0. The van der Waals surface area contributed by atoms with Crippen LogP contribution in [-0.2, 0) is 4.79 Å². The average molecular weight is 243 g/mol. The first-order valence-electron chi connectivity index (χ1n) is 6.82. The van der Waals surface area contributed by atoms with Gasteiger partial charge in [-0.2, -0.15) is 0 Å². The van der Waals surface area contributed by atoms with Gasteiger partial charge in [0, 0.05) is 5.71 Å². The Balaban J connectivity index is 0.000000574. The van der Waals surface area contributed by atoms with Gasteiger partial charge in [0.25, 0.3) is 0 Å². The molecule has 1 saturated carbocycles. The third kappa shape index (κ3) is 2.53. The summed E-state index contributed by atoms with van der Waals surface area (Å²) in [4.78, 5) is 15.9. The molecule has 2 atom stereocenters. The van der Waals surface area contributed by atoms with Gasteiger partial charge in [0.2, 0.25) is 0 Å². The number of nitrogens with zero attached hydrogens (tertiary/aromatic N) is 1. The van der Waals surface area contributed by atoms with Crippen LogP contribution in [0.2, 0.25) is 0 Å². The predicted molar refractivity (Wildman–Crippen MR) is 75.6 cm³/mol. The molecule has 0 bridgehead atoms. The van der Waals surface area contributed by atoms with Gasteiger partial charge in [-0.3, -0.25) is 9.79 Å². The van der Waals surface area contributed by atoms with E-state index < -0.39 is 0 Å². The Kier molecular flexibility index (Phi) is 3.65. The van der Waals surface area contributed by atoms with Crippen molar-refractivity contribution < 1.29 is 4.79 Å². The van der Waals surface area contributed by atoms with Crippen LogP contribution in [0.15, 0.2) is 40.1 Å². The van der Waals surface area contributed by atoms with Crippen LogP contribution in [0, 0.1) is 11.8 Å². The maximum atomic E-state index is 11.6. The number of ketones is 1. The summed E-state index contributed by atoms with van der Waals surface area (Å²) in [5.41, 5.74) is 4.21. The number of rotatable bonds is 1. The normalized spacial score (nSPS) is 31.0. The molecule has 0 aromatic rings. The van der Waals surface area contributed by atoms with E-state index in [9.17, 15) is 4.79 Å². The maximum Gasteiger partial charge on any atom is 0.186 e. The number of hydrogen-bond donors (Lipinski definition) is 0. The van der Waals surface area contributed by atoms with Crippen LogP contribution in [0.1, 0.15) is 40.5 Å². The number of carbonyl (C=O) groups is 1. The van der Waals surface area contributed by atoms with Gasteiger partial charge in [-0.1, -0.05) is 31.6 Å². The zero-order valence-corrected chi connectivity index (χ0v) is 11.7. The van der Waals surface area contributed by atoms with E-state index in [1.807, 2.05) is 26.8 Å². The molecule has 0 amide bonds. The van der Waals surface area contributed by atoms with E-state index in [0.29, 0.717) is 18.0 Å². The molecule has 18 heavy (non-hydrogen) atoms. The predicted octanol–water partition coefficient (Wildman–Crippen LogP) is 3.85. The highest BCUT2D eigenvalue weighted by Crippen LogP contribution is 2.49. The maximum absolute atomic E-state index is 11.6. The summed E-state index contributed by atoms with van der Waals surface area (Å²) >= 11 is 0. The Hall–Kier alpha value is -1.44. The number of fused-ring (bicyclic) bond motifs is 1. The van der Waals surface area contributed by atoms with E-state index in [1.54, 1.807) is 0 Å². The van der Waals surface area contributed by atoms with Crippen molar-refractivity contribution in [2.75, 3.05) is 0 Å². The molecule has 3 rings (SSSR count). The van der Waals surface area contributed by atoms with Crippen LogP contribution < -0.4 is 0 Å². The van der Waals surface area contributed by atoms with Crippen LogP contribution in [0.25, 0.3) is 0 Å². The molecule has 96 valence electrons. The zero-order chi connectivity index (χ0) is 13.3. The molecule has 0 aromatic heterocycles. The van der Waals surface area contributed by atoms with E-state index in [4.69, 9.17) is 0 Å². The second-order valence-corrected chi connectivity index (χ2v) is 5.04. The van der Waals surface area contributed by atoms with Gasteiger partial charge < -0.3 is 0 Å². The number of aliphatic imine (C=N–C) groups is 1. The van der Waals surface area contributed by atoms with E-state index in [1.165, 1.54) is 17.6 Å². The van der Waals surface area contributed by atoms with E-state index in [2.05, 4.69) is 24.1 Å². The first-order valence-corrected chi connectivity index (χ1v) is 6.82. The largest absolute Gasteiger partial charge is 0.292 e.